The minimum absolute atomic E-state index is 1.04. The molecule has 1 N–H and O–H groups in total. The average molecular weight is 123 g/mol. The minimum Gasteiger partial charge on any atom is -0.383 e. The Morgan fingerprint density at radius 2 is 2.56 bits per heavy atom. The van der Waals surface area contributed by atoms with Crippen molar-refractivity contribution in [2.45, 2.75) is 19.3 Å². The van der Waals surface area contributed by atoms with Crippen molar-refractivity contribution in [3.63, 3.8) is 0 Å². The first-order valence-corrected chi connectivity index (χ1v) is 3.29. The van der Waals surface area contributed by atoms with E-state index in [4.69, 9.17) is 4.84 Å². The van der Waals surface area contributed by atoms with Crippen molar-refractivity contribution in [3.05, 3.63) is 23.6 Å². The van der Waals surface area contributed by atoms with Crippen LogP contribution in [0.15, 0.2) is 23.6 Å². The number of hydrogen-bond donors (Lipinski definition) is 1. The summed E-state index contributed by atoms with van der Waals surface area (Å²) in [5.41, 5.74) is 4.05. The molecule has 2 nitrogen and oxygen atoms in total. The molecule has 9 heavy (non-hydrogen) atoms. The van der Waals surface area contributed by atoms with Gasteiger partial charge in [-0.15, -0.1) is 0 Å². The van der Waals surface area contributed by atoms with Gasteiger partial charge in [-0.05, 0) is 25.3 Å². The van der Waals surface area contributed by atoms with E-state index in [-0.39, 0.29) is 0 Å². The highest BCUT2D eigenvalue weighted by Gasteiger charge is 2.15. The monoisotopic (exact) mass is 123 g/mol. The maximum absolute atomic E-state index is 5.08. The maximum Gasteiger partial charge on any atom is 0.155 e. The second-order valence-electron chi connectivity index (χ2n) is 2.35. The van der Waals surface area contributed by atoms with Crippen molar-refractivity contribution >= 4 is 0 Å². The summed E-state index contributed by atoms with van der Waals surface area (Å²) in [6.45, 7) is 0. The molecule has 0 bridgehead atoms. The van der Waals surface area contributed by atoms with Crippen LogP contribution in [0.1, 0.15) is 19.3 Å². The van der Waals surface area contributed by atoms with Crippen molar-refractivity contribution in [1.82, 2.24) is 5.48 Å². The van der Waals surface area contributed by atoms with Gasteiger partial charge in [0.15, 0.2) is 5.76 Å². The molecular formula is C7H9NO. The zero-order chi connectivity index (χ0) is 6.10. The molecule has 0 saturated carbocycles. The Bertz CT molecular complexity index is 181. The van der Waals surface area contributed by atoms with Gasteiger partial charge in [0.05, 0.1) is 0 Å². The summed E-state index contributed by atoms with van der Waals surface area (Å²) in [7, 11) is 0. The summed E-state index contributed by atoms with van der Waals surface area (Å²) in [5, 5.41) is 0. The van der Waals surface area contributed by atoms with Crippen molar-refractivity contribution in [3.8, 4) is 0 Å². The Morgan fingerprint density at radius 3 is 3.44 bits per heavy atom. The Labute approximate surface area is 54.2 Å². The molecule has 2 rings (SSSR count). The molecule has 0 unspecified atom stereocenters. The highest BCUT2D eigenvalue weighted by molar-refractivity contribution is 5.29. The van der Waals surface area contributed by atoms with Crippen LogP contribution in [0, 0.1) is 0 Å². The number of fused-ring (bicyclic) bond motifs is 1. The first-order valence-electron chi connectivity index (χ1n) is 3.29. The van der Waals surface area contributed by atoms with Crippen LogP contribution in [0.4, 0.5) is 0 Å². The topological polar surface area (TPSA) is 21.3 Å². The lowest BCUT2D eigenvalue weighted by atomic mass is 10.0. The van der Waals surface area contributed by atoms with Crippen LogP contribution >= 0.6 is 0 Å². The molecule has 1 heterocycles. The first kappa shape index (κ1) is 4.91. The van der Waals surface area contributed by atoms with Crippen molar-refractivity contribution in [2.24, 2.45) is 0 Å². The Balaban J connectivity index is 2.30. The van der Waals surface area contributed by atoms with Crippen molar-refractivity contribution < 1.29 is 4.84 Å². The van der Waals surface area contributed by atoms with Gasteiger partial charge in [-0.3, -0.25) is 0 Å². The van der Waals surface area contributed by atoms with Crippen LogP contribution in [0.5, 0.6) is 0 Å². The van der Waals surface area contributed by atoms with Crippen LogP contribution < -0.4 is 5.48 Å². The zero-order valence-corrected chi connectivity index (χ0v) is 5.18. The molecule has 0 fully saturated rings. The van der Waals surface area contributed by atoms with Gasteiger partial charge in [0.25, 0.3) is 0 Å². The number of rotatable bonds is 0. The number of allylic oxidation sites excluding steroid dienone is 2. The molecule has 0 aromatic rings. The molecular weight excluding hydrogens is 114 g/mol. The Morgan fingerprint density at radius 1 is 1.56 bits per heavy atom. The molecule has 0 aromatic heterocycles. The van der Waals surface area contributed by atoms with Gasteiger partial charge >= 0.3 is 0 Å². The third-order valence-electron chi connectivity index (χ3n) is 1.70. The SMILES string of the molecule is C1=C2CCCC=C2ON1. The molecule has 2 heteroatoms. The van der Waals surface area contributed by atoms with Crippen LogP contribution in [-0.2, 0) is 4.84 Å². The summed E-state index contributed by atoms with van der Waals surface area (Å²) < 4.78 is 0. The molecule has 0 atom stereocenters. The van der Waals surface area contributed by atoms with Crippen LogP contribution in [0.2, 0.25) is 0 Å². The van der Waals surface area contributed by atoms with E-state index in [1.165, 1.54) is 18.4 Å². The lowest BCUT2D eigenvalue weighted by molar-refractivity contribution is 0.167. The third kappa shape index (κ3) is 0.707. The van der Waals surface area contributed by atoms with E-state index >= 15 is 0 Å². The molecule has 1 aliphatic carbocycles. The molecule has 1 aliphatic heterocycles. The normalized spacial score (nSPS) is 23.1. The van der Waals surface area contributed by atoms with Gasteiger partial charge in [-0.1, -0.05) is 0 Å². The van der Waals surface area contributed by atoms with Gasteiger partial charge < -0.3 is 4.84 Å². The summed E-state index contributed by atoms with van der Waals surface area (Å²) in [4.78, 5) is 5.08. The fraction of sp³-hybridized carbons (Fsp3) is 0.429. The minimum atomic E-state index is 1.04. The van der Waals surface area contributed by atoms with E-state index in [0.717, 1.165) is 12.2 Å². The second-order valence-corrected chi connectivity index (χ2v) is 2.35. The van der Waals surface area contributed by atoms with Crippen LogP contribution in [-0.4, -0.2) is 0 Å². The number of hydroxylamine groups is 1. The number of nitrogens with one attached hydrogen (secondary N) is 1. The predicted molar refractivity (Wildman–Crippen MR) is 34.2 cm³/mol. The molecule has 0 spiro atoms. The lowest BCUT2D eigenvalue weighted by Crippen LogP contribution is -1.97. The van der Waals surface area contributed by atoms with Gasteiger partial charge in [-0.2, -0.15) is 0 Å². The molecule has 0 aromatic carbocycles. The van der Waals surface area contributed by atoms with Gasteiger partial charge in [0.1, 0.15) is 0 Å². The fourth-order valence-corrected chi connectivity index (χ4v) is 1.19. The van der Waals surface area contributed by atoms with Gasteiger partial charge in [0, 0.05) is 11.8 Å². The fourth-order valence-electron chi connectivity index (χ4n) is 1.19. The third-order valence-corrected chi connectivity index (χ3v) is 1.70. The first-order chi connectivity index (χ1) is 4.47. The highest BCUT2D eigenvalue weighted by Crippen LogP contribution is 2.26. The van der Waals surface area contributed by atoms with E-state index in [1.807, 2.05) is 6.20 Å². The summed E-state index contributed by atoms with van der Waals surface area (Å²) >= 11 is 0. The average Bonchev–Trinajstić information content (AvgIpc) is 2.33. The quantitative estimate of drug-likeness (QED) is 0.526. The summed E-state index contributed by atoms with van der Waals surface area (Å²) in [5.74, 6) is 1.04. The Hall–Kier alpha value is -0.920. The Kier molecular flexibility index (Phi) is 0.979. The molecule has 0 saturated heterocycles. The molecule has 0 radical (unpaired) electrons. The summed E-state index contributed by atoms with van der Waals surface area (Å²) in [6, 6.07) is 0. The maximum atomic E-state index is 5.08. The van der Waals surface area contributed by atoms with Crippen LogP contribution in [0.3, 0.4) is 0 Å². The smallest absolute Gasteiger partial charge is 0.155 e. The van der Waals surface area contributed by atoms with E-state index in [2.05, 4.69) is 11.6 Å². The van der Waals surface area contributed by atoms with E-state index in [1.54, 1.807) is 0 Å². The van der Waals surface area contributed by atoms with E-state index in [9.17, 15) is 0 Å². The van der Waals surface area contributed by atoms with E-state index in [0.29, 0.717) is 0 Å². The second kappa shape index (κ2) is 1.79. The van der Waals surface area contributed by atoms with E-state index < -0.39 is 0 Å². The zero-order valence-electron chi connectivity index (χ0n) is 5.18. The standard InChI is InChI=1S/C7H9NO/c1-2-4-7-6(3-1)5-8-9-7/h4-5,8H,1-3H2. The van der Waals surface area contributed by atoms with Crippen LogP contribution in [0.25, 0.3) is 0 Å². The summed E-state index contributed by atoms with van der Waals surface area (Å²) in [6.07, 6.45) is 7.66. The van der Waals surface area contributed by atoms with Gasteiger partial charge in [0.2, 0.25) is 0 Å². The largest absolute Gasteiger partial charge is 0.383 e. The molecule has 0 amide bonds. The molecule has 2 aliphatic rings. The van der Waals surface area contributed by atoms with Crippen molar-refractivity contribution in [2.75, 3.05) is 0 Å². The molecule has 48 valence electrons. The predicted octanol–water partition coefficient (Wildman–Crippen LogP) is 1.47. The number of hydrogen-bond acceptors (Lipinski definition) is 2. The van der Waals surface area contributed by atoms with Gasteiger partial charge in [-0.25, -0.2) is 5.48 Å². The lowest BCUT2D eigenvalue weighted by Gasteiger charge is -2.07. The van der Waals surface area contributed by atoms with Crippen molar-refractivity contribution in [1.29, 1.82) is 0 Å². The highest BCUT2D eigenvalue weighted by atomic mass is 16.7.